The van der Waals surface area contributed by atoms with Crippen molar-refractivity contribution in [3.8, 4) is 0 Å². The second kappa shape index (κ2) is 7.45. The molecule has 5 heteroatoms. The fourth-order valence-corrected chi connectivity index (χ4v) is 3.08. The highest BCUT2D eigenvalue weighted by atomic mass is 19.1. The lowest BCUT2D eigenvalue weighted by molar-refractivity contribution is 0.466. The number of hydrogen-bond acceptors (Lipinski definition) is 3. The van der Waals surface area contributed by atoms with E-state index >= 15 is 0 Å². The Morgan fingerprint density at radius 2 is 1.85 bits per heavy atom. The van der Waals surface area contributed by atoms with Gasteiger partial charge in [0.1, 0.15) is 5.82 Å². The molecule has 2 heterocycles. The van der Waals surface area contributed by atoms with Gasteiger partial charge in [-0.3, -0.25) is 4.98 Å². The smallest absolute Gasteiger partial charge is 0.123 e. The lowest BCUT2D eigenvalue weighted by atomic mass is 10.1. The molecule has 2 aromatic carbocycles. The van der Waals surface area contributed by atoms with E-state index in [0.717, 1.165) is 22.2 Å². The summed E-state index contributed by atoms with van der Waals surface area (Å²) in [6.45, 7) is 1.38. The molecule has 0 radical (unpaired) electrons. The van der Waals surface area contributed by atoms with E-state index in [2.05, 4.69) is 25.9 Å². The van der Waals surface area contributed by atoms with Crippen LogP contribution in [-0.2, 0) is 13.1 Å². The van der Waals surface area contributed by atoms with E-state index in [1.54, 1.807) is 6.20 Å². The molecule has 130 valence electrons. The minimum Gasteiger partial charge on any atom is -0.329 e. The highest BCUT2D eigenvalue weighted by molar-refractivity contribution is 5.74. The number of nitrogens with zero attached hydrogens (tertiary/aromatic N) is 3. The Hall–Kier alpha value is -3.05. The van der Waals surface area contributed by atoms with Crippen LogP contribution in [0.1, 0.15) is 17.2 Å². The lowest BCUT2D eigenvalue weighted by Crippen LogP contribution is -2.25. The average Bonchev–Trinajstić information content (AvgIpc) is 3.10. The van der Waals surface area contributed by atoms with Gasteiger partial charge in [-0.15, -0.1) is 0 Å². The molecule has 26 heavy (non-hydrogen) atoms. The van der Waals surface area contributed by atoms with Gasteiger partial charge in [0.25, 0.3) is 0 Å². The van der Waals surface area contributed by atoms with Crippen molar-refractivity contribution >= 4 is 11.0 Å². The molecule has 1 N–H and O–H groups in total. The highest BCUT2D eigenvalue weighted by Gasteiger charge is 2.14. The van der Waals surface area contributed by atoms with Crippen molar-refractivity contribution in [2.24, 2.45) is 0 Å². The summed E-state index contributed by atoms with van der Waals surface area (Å²) in [6, 6.07) is 18.7. The van der Waals surface area contributed by atoms with Crippen molar-refractivity contribution < 1.29 is 4.39 Å². The molecule has 0 saturated carbocycles. The third-order valence-electron chi connectivity index (χ3n) is 4.45. The van der Waals surface area contributed by atoms with Crippen molar-refractivity contribution in [2.45, 2.75) is 19.1 Å². The quantitative estimate of drug-likeness (QED) is 0.571. The molecule has 0 bridgehead atoms. The van der Waals surface area contributed by atoms with E-state index in [0.29, 0.717) is 13.1 Å². The minimum absolute atomic E-state index is 0.0217. The van der Waals surface area contributed by atoms with Crippen molar-refractivity contribution in [2.75, 3.05) is 0 Å². The summed E-state index contributed by atoms with van der Waals surface area (Å²) in [5.41, 5.74) is 4.20. The molecule has 0 spiro atoms. The number of nitrogens with one attached hydrogen (secondary N) is 1. The standard InChI is InChI=1S/C21H19FN4/c22-18-9-7-17(8-10-18)20(24-13-16-4-3-11-23-12-16)14-26-15-25-19-5-1-2-6-21(19)26/h1-12,15,20,24H,13-14H2. The van der Waals surface area contributed by atoms with Crippen LogP contribution in [0.5, 0.6) is 0 Å². The molecule has 0 amide bonds. The van der Waals surface area contributed by atoms with Crippen LogP contribution in [0.25, 0.3) is 11.0 Å². The highest BCUT2D eigenvalue weighted by Crippen LogP contribution is 2.20. The number of hydrogen-bond donors (Lipinski definition) is 1. The minimum atomic E-state index is -0.229. The van der Waals surface area contributed by atoms with Crippen molar-refractivity contribution in [1.29, 1.82) is 0 Å². The SMILES string of the molecule is Fc1ccc(C(Cn2cnc3ccccc32)NCc2cccnc2)cc1. The molecule has 0 aliphatic carbocycles. The molecular formula is C21H19FN4. The predicted molar refractivity (Wildman–Crippen MR) is 100.0 cm³/mol. The maximum Gasteiger partial charge on any atom is 0.123 e. The van der Waals surface area contributed by atoms with Gasteiger partial charge in [0.15, 0.2) is 0 Å². The zero-order chi connectivity index (χ0) is 17.8. The Bertz CT molecular complexity index is 980. The van der Waals surface area contributed by atoms with Crippen LogP contribution in [0.2, 0.25) is 0 Å². The number of imidazole rings is 1. The molecule has 0 aliphatic rings. The van der Waals surface area contributed by atoms with Crippen LogP contribution in [0.3, 0.4) is 0 Å². The van der Waals surface area contributed by atoms with Gasteiger partial charge in [0.2, 0.25) is 0 Å². The monoisotopic (exact) mass is 346 g/mol. The number of para-hydroxylation sites is 2. The van der Waals surface area contributed by atoms with Crippen LogP contribution in [0.15, 0.2) is 79.4 Å². The van der Waals surface area contributed by atoms with Crippen LogP contribution in [-0.4, -0.2) is 14.5 Å². The molecule has 2 aromatic heterocycles. The van der Waals surface area contributed by atoms with Crippen molar-refractivity contribution in [1.82, 2.24) is 19.9 Å². The first-order valence-electron chi connectivity index (χ1n) is 8.57. The molecule has 0 fully saturated rings. The summed E-state index contributed by atoms with van der Waals surface area (Å²) in [5, 5.41) is 3.56. The first-order valence-corrected chi connectivity index (χ1v) is 8.57. The molecule has 0 saturated heterocycles. The van der Waals surface area contributed by atoms with Crippen LogP contribution >= 0.6 is 0 Å². The predicted octanol–water partition coefficient (Wildman–Crippen LogP) is 4.10. The van der Waals surface area contributed by atoms with Gasteiger partial charge in [-0.1, -0.05) is 30.3 Å². The van der Waals surface area contributed by atoms with E-state index in [4.69, 9.17) is 0 Å². The van der Waals surface area contributed by atoms with Gasteiger partial charge in [-0.2, -0.15) is 0 Å². The Morgan fingerprint density at radius 3 is 2.65 bits per heavy atom. The Kier molecular flexibility index (Phi) is 4.71. The van der Waals surface area contributed by atoms with Gasteiger partial charge >= 0.3 is 0 Å². The van der Waals surface area contributed by atoms with E-state index in [9.17, 15) is 4.39 Å². The number of fused-ring (bicyclic) bond motifs is 1. The summed E-state index contributed by atoms with van der Waals surface area (Å²) in [4.78, 5) is 8.62. The summed E-state index contributed by atoms with van der Waals surface area (Å²) >= 11 is 0. The van der Waals surface area contributed by atoms with Crippen LogP contribution in [0, 0.1) is 5.82 Å². The molecule has 4 nitrogen and oxygen atoms in total. The molecule has 4 rings (SSSR count). The fourth-order valence-electron chi connectivity index (χ4n) is 3.08. The summed E-state index contributed by atoms with van der Waals surface area (Å²) < 4.78 is 15.5. The number of rotatable bonds is 6. The number of benzene rings is 2. The van der Waals surface area contributed by atoms with Gasteiger partial charge < -0.3 is 9.88 Å². The van der Waals surface area contributed by atoms with Crippen LogP contribution < -0.4 is 5.32 Å². The van der Waals surface area contributed by atoms with Gasteiger partial charge in [0, 0.05) is 25.5 Å². The van der Waals surface area contributed by atoms with E-state index in [-0.39, 0.29) is 11.9 Å². The van der Waals surface area contributed by atoms with E-state index < -0.39 is 0 Å². The lowest BCUT2D eigenvalue weighted by Gasteiger charge is -2.20. The van der Waals surface area contributed by atoms with Gasteiger partial charge in [-0.05, 0) is 41.5 Å². The maximum atomic E-state index is 13.3. The number of pyridine rings is 1. The van der Waals surface area contributed by atoms with Gasteiger partial charge in [-0.25, -0.2) is 9.37 Å². The number of halogens is 1. The molecule has 1 atom stereocenters. The molecule has 1 unspecified atom stereocenters. The van der Waals surface area contributed by atoms with E-state index in [1.165, 1.54) is 12.1 Å². The Labute approximate surface area is 151 Å². The van der Waals surface area contributed by atoms with Gasteiger partial charge in [0.05, 0.1) is 23.4 Å². The topological polar surface area (TPSA) is 42.7 Å². The number of aromatic nitrogens is 3. The largest absolute Gasteiger partial charge is 0.329 e. The second-order valence-electron chi connectivity index (χ2n) is 6.23. The Balaban J connectivity index is 1.60. The fraction of sp³-hybridized carbons (Fsp3) is 0.143. The first kappa shape index (κ1) is 16.4. The average molecular weight is 346 g/mol. The molecule has 0 aliphatic heterocycles. The molecular weight excluding hydrogens is 327 g/mol. The maximum absolute atomic E-state index is 13.3. The summed E-state index contributed by atoms with van der Waals surface area (Å²) in [5.74, 6) is -0.229. The zero-order valence-electron chi connectivity index (χ0n) is 14.2. The van der Waals surface area contributed by atoms with Crippen LogP contribution in [0.4, 0.5) is 4.39 Å². The summed E-state index contributed by atoms with van der Waals surface area (Å²) in [7, 11) is 0. The third kappa shape index (κ3) is 3.63. The first-order chi connectivity index (χ1) is 12.8. The normalized spacial score (nSPS) is 12.3. The Morgan fingerprint density at radius 1 is 1.00 bits per heavy atom. The zero-order valence-corrected chi connectivity index (χ0v) is 14.2. The van der Waals surface area contributed by atoms with Crippen molar-refractivity contribution in [3.63, 3.8) is 0 Å². The summed E-state index contributed by atoms with van der Waals surface area (Å²) in [6.07, 6.45) is 5.47. The molecule has 4 aromatic rings. The van der Waals surface area contributed by atoms with Crippen molar-refractivity contribution in [3.05, 3.63) is 96.3 Å². The third-order valence-corrected chi connectivity index (χ3v) is 4.45. The van der Waals surface area contributed by atoms with E-state index in [1.807, 2.05) is 55.0 Å². The second-order valence-corrected chi connectivity index (χ2v) is 6.23.